The fourth-order valence-corrected chi connectivity index (χ4v) is 1.88. The van der Waals surface area contributed by atoms with E-state index in [0.717, 1.165) is 22.3 Å². The maximum atomic E-state index is 4.28. The van der Waals surface area contributed by atoms with E-state index in [9.17, 15) is 0 Å². The summed E-state index contributed by atoms with van der Waals surface area (Å²) in [6.07, 6.45) is 0. The Morgan fingerprint density at radius 3 is 2.80 bits per heavy atom. The molecule has 0 aliphatic heterocycles. The summed E-state index contributed by atoms with van der Waals surface area (Å²) in [7, 11) is 1.86. The fourth-order valence-electron chi connectivity index (χ4n) is 1.35. The highest BCUT2D eigenvalue weighted by atomic mass is 32.1. The molecule has 2 aromatic heterocycles. The van der Waals surface area contributed by atoms with Crippen molar-refractivity contribution in [2.24, 2.45) is 0 Å². The summed E-state index contributed by atoms with van der Waals surface area (Å²) in [5, 5.41) is 12.4. The average Bonchev–Trinajstić information content (AvgIpc) is 2.74. The minimum Gasteiger partial charge on any atom is -0.377 e. The molecule has 0 fully saturated rings. The topological polar surface area (TPSA) is 68.5 Å². The Morgan fingerprint density at radius 2 is 2.20 bits per heavy atom. The lowest BCUT2D eigenvalue weighted by atomic mass is 10.4. The Morgan fingerprint density at radius 1 is 1.40 bits per heavy atom. The lowest BCUT2D eigenvalue weighted by Crippen LogP contribution is -2.06. The molecule has 0 spiro atoms. The summed E-state index contributed by atoms with van der Waals surface area (Å²) < 4.78 is 5.72. The Labute approximate surface area is 91.5 Å². The molecule has 0 saturated carbocycles. The van der Waals surface area contributed by atoms with Crippen LogP contribution in [0.3, 0.4) is 0 Å². The third-order valence-electron chi connectivity index (χ3n) is 2.04. The Kier molecular flexibility index (Phi) is 2.63. The van der Waals surface area contributed by atoms with Crippen molar-refractivity contribution in [3.63, 3.8) is 0 Å². The van der Waals surface area contributed by atoms with E-state index in [4.69, 9.17) is 0 Å². The van der Waals surface area contributed by atoms with Gasteiger partial charge in [0, 0.05) is 18.6 Å². The van der Waals surface area contributed by atoms with E-state index >= 15 is 0 Å². The maximum absolute atomic E-state index is 4.28. The van der Waals surface area contributed by atoms with Gasteiger partial charge >= 0.3 is 0 Å². The van der Waals surface area contributed by atoms with E-state index in [2.05, 4.69) is 25.0 Å². The quantitative estimate of drug-likeness (QED) is 0.836. The van der Waals surface area contributed by atoms with Crippen LogP contribution < -0.4 is 5.32 Å². The number of rotatable bonds is 3. The van der Waals surface area contributed by atoms with Crippen molar-refractivity contribution in [3.05, 3.63) is 17.3 Å². The molecule has 2 rings (SSSR count). The van der Waals surface area contributed by atoms with Gasteiger partial charge < -0.3 is 5.32 Å². The summed E-state index contributed by atoms with van der Waals surface area (Å²) in [5.74, 6) is 1.67. The Bertz CT molecular complexity index is 459. The van der Waals surface area contributed by atoms with E-state index in [0.29, 0.717) is 6.54 Å². The van der Waals surface area contributed by atoms with Crippen molar-refractivity contribution in [2.75, 3.05) is 12.4 Å². The summed E-state index contributed by atoms with van der Waals surface area (Å²) in [6.45, 7) is 4.42. The van der Waals surface area contributed by atoms with Gasteiger partial charge in [-0.3, -0.25) is 0 Å². The van der Waals surface area contributed by atoms with Gasteiger partial charge in [-0.25, -0.2) is 9.67 Å². The summed E-state index contributed by atoms with van der Waals surface area (Å²) in [6, 6.07) is 0. The zero-order valence-electron chi connectivity index (χ0n) is 8.85. The number of hydrogen-bond acceptors (Lipinski definition) is 6. The van der Waals surface area contributed by atoms with E-state index in [1.807, 2.05) is 25.6 Å². The molecule has 6 nitrogen and oxygen atoms in total. The molecule has 80 valence electrons. The first kappa shape index (κ1) is 10.0. The monoisotopic (exact) mass is 224 g/mol. The van der Waals surface area contributed by atoms with Crippen LogP contribution in [0.5, 0.6) is 0 Å². The van der Waals surface area contributed by atoms with Crippen LogP contribution in [0.25, 0.3) is 0 Å². The van der Waals surface area contributed by atoms with Crippen LogP contribution in [0.4, 0.5) is 5.00 Å². The van der Waals surface area contributed by atoms with Gasteiger partial charge in [0.15, 0.2) is 0 Å². The minimum atomic E-state index is 0.610. The molecule has 2 heterocycles. The van der Waals surface area contributed by atoms with Crippen molar-refractivity contribution < 1.29 is 0 Å². The van der Waals surface area contributed by atoms with Crippen LogP contribution >= 0.6 is 11.5 Å². The van der Waals surface area contributed by atoms with E-state index in [1.54, 1.807) is 0 Å². The lowest BCUT2D eigenvalue weighted by Gasteiger charge is -2.01. The second kappa shape index (κ2) is 3.93. The first-order chi connectivity index (χ1) is 7.20. The third kappa shape index (κ3) is 1.96. The van der Waals surface area contributed by atoms with Gasteiger partial charge in [-0.1, -0.05) is 4.49 Å². The van der Waals surface area contributed by atoms with Crippen LogP contribution in [0, 0.1) is 13.8 Å². The summed E-state index contributed by atoms with van der Waals surface area (Å²) in [4.78, 5) is 4.23. The number of aryl methyl sites for hydroxylation is 2. The number of nitrogens with one attached hydrogen (secondary N) is 1. The van der Waals surface area contributed by atoms with E-state index in [1.165, 1.54) is 11.5 Å². The molecule has 0 saturated heterocycles. The molecule has 0 radical (unpaired) electrons. The Balaban J connectivity index is 2.25. The normalized spacial score (nSPS) is 10.6. The highest BCUT2D eigenvalue weighted by molar-refractivity contribution is 7.10. The summed E-state index contributed by atoms with van der Waals surface area (Å²) >= 11 is 1.35. The molecule has 0 aliphatic carbocycles. The largest absolute Gasteiger partial charge is 0.377 e. The van der Waals surface area contributed by atoms with Crippen LogP contribution in [0.2, 0.25) is 0 Å². The second-order valence-electron chi connectivity index (χ2n) is 3.16. The number of hydrogen-bond donors (Lipinski definition) is 1. The minimum absolute atomic E-state index is 0.610. The first-order valence-electron chi connectivity index (χ1n) is 4.57. The molecule has 7 heteroatoms. The van der Waals surface area contributed by atoms with Gasteiger partial charge in [-0.15, -0.1) is 5.10 Å². The van der Waals surface area contributed by atoms with E-state index in [-0.39, 0.29) is 0 Å². The molecule has 0 amide bonds. The summed E-state index contributed by atoms with van der Waals surface area (Å²) in [5.41, 5.74) is 0.899. The number of nitrogens with zero attached hydrogens (tertiary/aromatic N) is 5. The highest BCUT2D eigenvalue weighted by Gasteiger charge is 2.09. The predicted molar refractivity (Wildman–Crippen MR) is 58.1 cm³/mol. The van der Waals surface area contributed by atoms with Crippen LogP contribution in [-0.2, 0) is 6.54 Å². The van der Waals surface area contributed by atoms with Crippen molar-refractivity contribution in [3.8, 4) is 0 Å². The zero-order chi connectivity index (χ0) is 10.8. The molecule has 1 N–H and O–H groups in total. The SMILES string of the molecule is CNc1snnc1Cn1nc(C)nc1C. The second-order valence-corrected chi connectivity index (χ2v) is 3.92. The first-order valence-corrected chi connectivity index (χ1v) is 5.35. The van der Waals surface area contributed by atoms with Gasteiger partial charge in [0.1, 0.15) is 22.3 Å². The van der Waals surface area contributed by atoms with E-state index < -0.39 is 0 Å². The lowest BCUT2D eigenvalue weighted by molar-refractivity contribution is 0.643. The van der Waals surface area contributed by atoms with Crippen LogP contribution in [0.15, 0.2) is 0 Å². The average molecular weight is 224 g/mol. The fraction of sp³-hybridized carbons (Fsp3) is 0.500. The van der Waals surface area contributed by atoms with Gasteiger partial charge in [0.2, 0.25) is 0 Å². The predicted octanol–water partition coefficient (Wildman–Crippen LogP) is 0.836. The molecule has 2 aromatic rings. The smallest absolute Gasteiger partial charge is 0.147 e. The van der Waals surface area contributed by atoms with Crippen molar-refractivity contribution in [2.45, 2.75) is 20.4 Å². The third-order valence-corrected chi connectivity index (χ3v) is 2.83. The standard InChI is InChI=1S/C8H12N6S/c1-5-10-6(2)14(12-5)4-7-8(9-3)15-13-11-7/h9H,4H2,1-3H3. The maximum Gasteiger partial charge on any atom is 0.147 e. The van der Waals surface area contributed by atoms with Crippen molar-refractivity contribution >= 4 is 16.5 Å². The molecule has 0 unspecified atom stereocenters. The van der Waals surface area contributed by atoms with Crippen LogP contribution in [0.1, 0.15) is 17.3 Å². The molecule has 0 aromatic carbocycles. The molecule has 0 atom stereocenters. The van der Waals surface area contributed by atoms with Gasteiger partial charge in [0.05, 0.1) is 6.54 Å². The Hall–Kier alpha value is -1.50. The zero-order valence-corrected chi connectivity index (χ0v) is 9.67. The number of aromatic nitrogens is 5. The van der Waals surface area contributed by atoms with Crippen molar-refractivity contribution in [1.82, 2.24) is 24.4 Å². The molecular formula is C8H12N6S. The van der Waals surface area contributed by atoms with Gasteiger partial charge in [-0.2, -0.15) is 5.10 Å². The molecule has 15 heavy (non-hydrogen) atoms. The van der Waals surface area contributed by atoms with Crippen LogP contribution in [-0.4, -0.2) is 31.4 Å². The van der Waals surface area contributed by atoms with Gasteiger partial charge in [0.25, 0.3) is 0 Å². The molecular weight excluding hydrogens is 212 g/mol. The van der Waals surface area contributed by atoms with Crippen molar-refractivity contribution in [1.29, 1.82) is 0 Å². The molecule has 0 bridgehead atoms. The number of anilines is 1. The van der Waals surface area contributed by atoms with Gasteiger partial charge in [-0.05, 0) is 13.8 Å². The molecule has 0 aliphatic rings. The highest BCUT2D eigenvalue weighted by Crippen LogP contribution is 2.17.